The molecule has 16 heteroatoms. The molecule has 0 aliphatic carbocycles. The molecule has 0 bridgehead atoms. The first kappa shape index (κ1) is 44.0. The van der Waals surface area contributed by atoms with Gasteiger partial charge in [0.1, 0.15) is 17.5 Å². The Labute approximate surface area is 360 Å². The normalized spacial score (nSPS) is 20.6. The maximum Gasteiger partial charge on any atom is 0.266 e. The van der Waals surface area contributed by atoms with Gasteiger partial charge < -0.3 is 30.9 Å². The summed E-state index contributed by atoms with van der Waals surface area (Å²) < 4.78 is 28.6. The smallest absolute Gasteiger partial charge is 0.266 e. The molecule has 4 atom stereocenters. The number of benzene rings is 1. The summed E-state index contributed by atoms with van der Waals surface area (Å²) in [7, 11) is 0. The van der Waals surface area contributed by atoms with Gasteiger partial charge in [-0.05, 0) is 85.4 Å². The Kier molecular flexibility index (Phi) is 13.3. The number of aromatic nitrogens is 3. The van der Waals surface area contributed by atoms with Crippen molar-refractivity contribution in [3.05, 3.63) is 82.6 Å². The van der Waals surface area contributed by atoms with E-state index in [0.717, 1.165) is 27.3 Å². The zero-order chi connectivity index (χ0) is 43.5. The average Bonchev–Trinajstić information content (AvgIpc) is 3.95. The molecule has 0 radical (unpaired) electrons. The summed E-state index contributed by atoms with van der Waals surface area (Å²) in [6, 6.07) is 16.4. The standard InChI is InChI=1S/C45H56F2N10O3S/c1-28(31-6-8-33(9-7-31)42-29(2)51-27-61-42)52-43(60)36-21-35(58)24-57(36)25-37(44(3,4)5)50-23-41(59)55-15-11-32(12-16-55)34-19-39(53-38-18-30(22-48)10-14-49-38)54-40(20-34)56-17-13-45(46,47)26-56/h6-10,14,18-20,27-28,32,35-37,50,58H,11-13,15-17,21,23-26H2,1-5H3,(H,52,60)(H,49,53,54)/t28-,35+,36-,37+/m0/s1. The topological polar surface area (TPSA) is 163 Å². The van der Waals surface area contributed by atoms with E-state index in [4.69, 9.17) is 0 Å². The number of likely N-dealkylation sites (tertiary alicyclic amines) is 2. The van der Waals surface area contributed by atoms with Crippen molar-refractivity contribution < 1.29 is 23.5 Å². The molecule has 3 fully saturated rings. The van der Waals surface area contributed by atoms with Crippen LogP contribution in [0, 0.1) is 23.7 Å². The van der Waals surface area contributed by atoms with E-state index in [0.29, 0.717) is 68.5 Å². The van der Waals surface area contributed by atoms with E-state index in [2.05, 4.69) is 69.9 Å². The minimum atomic E-state index is -2.79. The Bertz CT molecular complexity index is 2220. The number of hydrogen-bond acceptors (Lipinski definition) is 12. The maximum atomic E-state index is 14.3. The van der Waals surface area contributed by atoms with Crippen LogP contribution in [0.5, 0.6) is 0 Å². The summed E-state index contributed by atoms with van der Waals surface area (Å²) in [5.74, 6) is -1.53. The van der Waals surface area contributed by atoms with Crippen molar-refractivity contribution in [3.8, 4) is 16.5 Å². The summed E-state index contributed by atoms with van der Waals surface area (Å²) in [5.41, 5.74) is 6.02. The molecule has 3 aliphatic heterocycles. The molecule has 6 heterocycles. The number of anilines is 3. The number of aliphatic hydroxyl groups excluding tert-OH is 1. The fraction of sp³-hybridized carbons (Fsp3) is 0.511. The molecule has 3 aliphatic rings. The summed E-state index contributed by atoms with van der Waals surface area (Å²) >= 11 is 1.60. The van der Waals surface area contributed by atoms with Crippen molar-refractivity contribution in [2.24, 2.45) is 5.41 Å². The van der Waals surface area contributed by atoms with Crippen LogP contribution in [-0.4, -0.2) is 112 Å². The first-order chi connectivity index (χ1) is 29.0. The van der Waals surface area contributed by atoms with Crippen molar-refractivity contribution in [1.82, 2.24) is 35.4 Å². The molecule has 0 saturated carbocycles. The van der Waals surface area contributed by atoms with Crippen LogP contribution in [0.2, 0.25) is 0 Å². The number of β-amino-alcohol motifs (C(OH)–C–C–N with tert-alkyl or cyclic N) is 1. The molecule has 1 aromatic carbocycles. The van der Waals surface area contributed by atoms with Gasteiger partial charge in [-0.1, -0.05) is 45.0 Å². The second-order valence-corrected chi connectivity index (χ2v) is 18.6. The number of rotatable bonds is 13. The van der Waals surface area contributed by atoms with Gasteiger partial charge in [0, 0.05) is 51.4 Å². The average molecular weight is 855 g/mol. The van der Waals surface area contributed by atoms with Crippen LogP contribution in [0.15, 0.2) is 60.2 Å². The van der Waals surface area contributed by atoms with Crippen molar-refractivity contribution in [1.29, 1.82) is 5.26 Å². The molecule has 4 aromatic rings. The summed E-state index contributed by atoms with van der Waals surface area (Å²) in [6.07, 6.45) is 2.36. The SMILES string of the molecule is Cc1ncsc1-c1ccc([C@H](C)NC(=O)[C@@H]2C[C@@H](O)CN2C[C@@H](NCC(=O)N2CCC(c3cc(Nc4cc(C#N)ccn4)nc(N4CCC(F)(F)C4)c3)CC2)C(C)(C)C)cc1. The molecular formula is C45H56F2N10O3S. The number of carbonyl (C=O) groups is 2. The largest absolute Gasteiger partial charge is 0.392 e. The lowest BCUT2D eigenvalue weighted by molar-refractivity contribution is -0.132. The maximum absolute atomic E-state index is 14.3. The van der Waals surface area contributed by atoms with Gasteiger partial charge in [0.2, 0.25) is 11.8 Å². The number of carbonyl (C=O) groups excluding carboxylic acids is 2. The second-order valence-electron chi connectivity index (χ2n) is 17.8. The molecular weight excluding hydrogens is 799 g/mol. The van der Waals surface area contributed by atoms with Gasteiger partial charge in [0.05, 0.1) is 59.0 Å². The van der Waals surface area contributed by atoms with Crippen LogP contribution in [-0.2, 0) is 9.59 Å². The number of amides is 2. The molecule has 4 N–H and O–H groups in total. The van der Waals surface area contributed by atoms with Crippen molar-refractivity contribution in [2.45, 2.75) is 96.4 Å². The highest BCUT2D eigenvalue weighted by atomic mass is 32.1. The molecule has 324 valence electrons. The highest BCUT2D eigenvalue weighted by molar-refractivity contribution is 7.13. The number of pyridine rings is 2. The number of hydrogen-bond donors (Lipinski definition) is 4. The number of piperidine rings is 1. The van der Waals surface area contributed by atoms with Gasteiger partial charge in [-0.2, -0.15) is 5.26 Å². The summed E-state index contributed by atoms with van der Waals surface area (Å²) in [6.45, 7) is 12.1. The Morgan fingerprint density at radius 2 is 1.82 bits per heavy atom. The van der Waals surface area contributed by atoms with E-state index in [9.17, 15) is 28.7 Å². The van der Waals surface area contributed by atoms with E-state index in [1.165, 1.54) is 6.20 Å². The lowest BCUT2D eigenvalue weighted by atomic mass is 9.86. The molecule has 7 rings (SSSR count). The molecule has 3 aromatic heterocycles. The molecule has 2 amide bonds. The van der Waals surface area contributed by atoms with Crippen LogP contribution in [0.1, 0.15) is 87.7 Å². The quantitative estimate of drug-likeness (QED) is 0.118. The van der Waals surface area contributed by atoms with E-state index < -0.39 is 24.6 Å². The zero-order valence-electron chi connectivity index (χ0n) is 35.5. The van der Waals surface area contributed by atoms with E-state index >= 15 is 0 Å². The highest BCUT2D eigenvalue weighted by Gasteiger charge is 2.41. The van der Waals surface area contributed by atoms with Crippen molar-refractivity contribution in [3.63, 3.8) is 0 Å². The Balaban J connectivity index is 0.950. The number of alkyl halides is 2. The van der Waals surface area contributed by atoms with Crippen LogP contribution in [0.4, 0.5) is 26.2 Å². The lowest BCUT2D eigenvalue weighted by Gasteiger charge is -2.37. The molecule has 3 saturated heterocycles. The summed E-state index contributed by atoms with van der Waals surface area (Å²) in [5, 5.41) is 30.0. The van der Waals surface area contributed by atoms with Gasteiger partial charge >= 0.3 is 0 Å². The fourth-order valence-corrected chi connectivity index (χ4v) is 9.35. The Morgan fingerprint density at radius 3 is 2.48 bits per heavy atom. The third-order valence-electron chi connectivity index (χ3n) is 12.2. The first-order valence-electron chi connectivity index (χ1n) is 21.1. The third kappa shape index (κ3) is 10.9. The van der Waals surface area contributed by atoms with E-state index in [1.54, 1.807) is 28.4 Å². The molecule has 13 nitrogen and oxygen atoms in total. The van der Waals surface area contributed by atoms with Gasteiger partial charge in [-0.3, -0.25) is 14.5 Å². The van der Waals surface area contributed by atoms with Crippen LogP contribution in [0.25, 0.3) is 10.4 Å². The van der Waals surface area contributed by atoms with Gasteiger partial charge in [-0.15, -0.1) is 11.3 Å². The monoisotopic (exact) mass is 854 g/mol. The zero-order valence-corrected chi connectivity index (χ0v) is 36.3. The predicted octanol–water partition coefficient (Wildman–Crippen LogP) is 6.39. The number of nitriles is 1. The van der Waals surface area contributed by atoms with Gasteiger partial charge in [0.25, 0.3) is 5.92 Å². The molecule has 0 unspecified atom stereocenters. The Morgan fingerprint density at radius 1 is 1.07 bits per heavy atom. The Hall–Kier alpha value is -5.08. The van der Waals surface area contributed by atoms with Crippen LogP contribution >= 0.6 is 11.3 Å². The van der Waals surface area contributed by atoms with Crippen molar-refractivity contribution in [2.75, 3.05) is 56.0 Å². The van der Waals surface area contributed by atoms with E-state index in [1.807, 2.05) is 53.4 Å². The fourth-order valence-electron chi connectivity index (χ4n) is 8.54. The molecule has 61 heavy (non-hydrogen) atoms. The predicted molar refractivity (Wildman–Crippen MR) is 233 cm³/mol. The van der Waals surface area contributed by atoms with Gasteiger partial charge in [-0.25, -0.2) is 23.7 Å². The van der Waals surface area contributed by atoms with Crippen LogP contribution < -0.4 is 20.9 Å². The summed E-state index contributed by atoms with van der Waals surface area (Å²) in [4.78, 5) is 47.4. The minimum Gasteiger partial charge on any atom is -0.392 e. The van der Waals surface area contributed by atoms with Gasteiger partial charge in [0.15, 0.2) is 0 Å². The second kappa shape index (κ2) is 18.5. The first-order valence-corrected chi connectivity index (χ1v) is 21.9. The minimum absolute atomic E-state index is 0.0192. The molecule has 0 spiro atoms. The number of aryl methyl sites for hydroxylation is 1. The number of halogens is 2. The van der Waals surface area contributed by atoms with Crippen LogP contribution in [0.3, 0.4) is 0 Å². The van der Waals surface area contributed by atoms with E-state index in [-0.39, 0.29) is 54.7 Å². The number of aliphatic hydroxyl groups is 1. The highest BCUT2D eigenvalue weighted by Crippen LogP contribution is 2.36. The third-order valence-corrected chi connectivity index (χ3v) is 13.2. The van der Waals surface area contributed by atoms with Crippen molar-refractivity contribution >= 4 is 40.6 Å². The lowest BCUT2D eigenvalue weighted by Crippen LogP contribution is -2.54. The number of nitrogens with one attached hydrogen (secondary N) is 3. The number of thiazole rings is 1. The number of nitrogens with zero attached hydrogens (tertiary/aromatic N) is 7.